The number of hydrogen-bond acceptors (Lipinski definition) is 2. The predicted octanol–water partition coefficient (Wildman–Crippen LogP) is 6.22. The van der Waals surface area contributed by atoms with Gasteiger partial charge in [0.1, 0.15) is 5.69 Å². The van der Waals surface area contributed by atoms with Crippen molar-refractivity contribution in [2.75, 3.05) is 10.6 Å². The molecule has 3 nitrogen and oxygen atoms in total. The van der Waals surface area contributed by atoms with Gasteiger partial charge in [-0.15, -0.1) is 0 Å². The number of anilines is 4. The molecule has 0 aliphatic carbocycles. The minimum Gasteiger partial charge on any atom is -0.399 e. The Kier molecular flexibility index (Phi) is 3.62. The molecule has 3 heteroatoms. The van der Waals surface area contributed by atoms with Crippen molar-refractivity contribution in [1.29, 1.82) is 0 Å². The number of benzene rings is 3. The maximum atomic E-state index is 5.97. The van der Waals surface area contributed by atoms with Gasteiger partial charge in [-0.1, -0.05) is 24.3 Å². The second kappa shape index (κ2) is 6.46. The Bertz CT molecular complexity index is 1470. The molecular formula is C27H20N3+. The predicted molar refractivity (Wildman–Crippen MR) is 125 cm³/mol. The fraction of sp³-hybridized carbons (Fsp3) is 0. The van der Waals surface area contributed by atoms with E-state index in [9.17, 15) is 0 Å². The van der Waals surface area contributed by atoms with Gasteiger partial charge in [-0.3, -0.25) is 0 Å². The first-order valence-corrected chi connectivity index (χ1v) is 10.1. The van der Waals surface area contributed by atoms with E-state index in [1.54, 1.807) is 0 Å². The number of para-hydroxylation sites is 2. The van der Waals surface area contributed by atoms with Crippen LogP contribution in [0.2, 0.25) is 0 Å². The Morgan fingerprint density at radius 1 is 0.567 bits per heavy atom. The number of nitrogens with two attached hydrogens (primary N) is 1. The maximum absolute atomic E-state index is 5.97. The molecule has 0 saturated carbocycles. The van der Waals surface area contributed by atoms with Gasteiger partial charge in [0.15, 0.2) is 0 Å². The third-order valence-electron chi connectivity index (χ3n) is 5.76. The van der Waals surface area contributed by atoms with E-state index in [4.69, 9.17) is 5.73 Å². The van der Waals surface area contributed by atoms with Gasteiger partial charge in [-0.2, -0.15) is 4.40 Å². The lowest BCUT2D eigenvalue weighted by Gasteiger charge is -2.25. The lowest BCUT2D eigenvalue weighted by molar-refractivity contribution is -0.450. The molecule has 0 amide bonds. The molecule has 3 heterocycles. The van der Waals surface area contributed by atoms with E-state index in [0.717, 1.165) is 28.3 Å². The van der Waals surface area contributed by atoms with Crippen molar-refractivity contribution in [3.63, 3.8) is 0 Å². The van der Waals surface area contributed by atoms with Gasteiger partial charge in [0, 0.05) is 46.0 Å². The van der Waals surface area contributed by atoms with Gasteiger partial charge in [-0.05, 0) is 66.7 Å². The zero-order chi connectivity index (χ0) is 20.1. The number of aromatic nitrogens is 1. The highest BCUT2D eigenvalue weighted by Gasteiger charge is 2.23. The monoisotopic (exact) mass is 386 g/mol. The third-order valence-corrected chi connectivity index (χ3v) is 5.76. The van der Waals surface area contributed by atoms with E-state index >= 15 is 0 Å². The van der Waals surface area contributed by atoms with Gasteiger partial charge >= 0.3 is 0 Å². The van der Waals surface area contributed by atoms with Crippen molar-refractivity contribution in [3.8, 4) is 0 Å². The highest BCUT2D eigenvalue weighted by molar-refractivity contribution is 5.96. The Balaban J connectivity index is 1.71. The molecular weight excluding hydrogens is 366 g/mol. The van der Waals surface area contributed by atoms with Crippen molar-refractivity contribution < 1.29 is 4.40 Å². The SMILES string of the molecule is Nc1ccc(N(c2ccccc2)c2ccc3ccc4cccc5ccc2[n+]3c45)cc1. The molecule has 6 rings (SSSR count). The Labute approximate surface area is 174 Å². The van der Waals surface area contributed by atoms with Crippen LogP contribution >= 0.6 is 0 Å². The molecule has 0 bridgehead atoms. The van der Waals surface area contributed by atoms with Crippen LogP contribution in [0.15, 0.2) is 109 Å². The van der Waals surface area contributed by atoms with Crippen LogP contribution in [0.5, 0.6) is 0 Å². The molecule has 3 aromatic heterocycles. The van der Waals surface area contributed by atoms with Crippen LogP contribution in [0, 0.1) is 0 Å². The average Bonchev–Trinajstić information content (AvgIpc) is 2.80. The summed E-state index contributed by atoms with van der Waals surface area (Å²) in [7, 11) is 0. The van der Waals surface area contributed by atoms with E-state index in [-0.39, 0.29) is 0 Å². The van der Waals surface area contributed by atoms with Crippen molar-refractivity contribution in [2.24, 2.45) is 0 Å². The highest BCUT2D eigenvalue weighted by Crippen LogP contribution is 2.37. The molecule has 142 valence electrons. The average molecular weight is 386 g/mol. The van der Waals surface area contributed by atoms with Crippen LogP contribution in [0.25, 0.3) is 27.3 Å². The number of rotatable bonds is 3. The van der Waals surface area contributed by atoms with Crippen LogP contribution in [-0.2, 0) is 0 Å². The van der Waals surface area contributed by atoms with Gasteiger partial charge in [-0.25, -0.2) is 0 Å². The summed E-state index contributed by atoms with van der Waals surface area (Å²) >= 11 is 0. The minimum absolute atomic E-state index is 0.761. The first kappa shape index (κ1) is 16.8. The highest BCUT2D eigenvalue weighted by atomic mass is 15.2. The smallest absolute Gasteiger partial charge is 0.235 e. The van der Waals surface area contributed by atoms with Crippen LogP contribution in [0.1, 0.15) is 0 Å². The van der Waals surface area contributed by atoms with Gasteiger partial charge in [0.25, 0.3) is 0 Å². The molecule has 0 fully saturated rings. The standard InChI is InChI=1S/C27H20N3/c28-21-11-14-23(15-12-21)29(22-7-2-1-3-8-22)25-18-16-24-13-9-19-5-4-6-20-10-17-26(25)30(24)27(19)20/h1-18H,28H2/q+1. The summed E-state index contributed by atoms with van der Waals surface area (Å²) < 4.78 is 2.37. The number of nitrogen functional groups attached to an aromatic ring is 1. The molecule has 0 aliphatic rings. The van der Waals surface area contributed by atoms with Crippen molar-refractivity contribution in [3.05, 3.63) is 109 Å². The second-order valence-electron chi connectivity index (χ2n) is 7.58. The maximum Gasteiger partial charge on any atom is 0.235 e. The van der Waals surface area contributed by atoms with Crippen LogP contribution in [0.4, 0.5) is 22.7 Å². The van der Waals surface area contributed by atoms with Gasteiger partial charge in [0.2, 0.25) is 16.6 Å². The van der Waals surface area contributed by atoms with Crippen LogP contribution in [0.3, 0.4) is 0 Å². The Morgan fingerprint density at radius 2 is 1.23 bits per heavy atom. The molecule has 0 unspecified atom stereocenters. The zero-order valence-electron chi connectivity index (χ0n) is 16.4. The quantitative estimate of drug-likeness (QED) is 0.222. The van der Waals surface area contributed by atoms with E-state index in [2.05, 4.69) is 100 Å². The Morgan fingerprint density at radius 3 is 2.00 bits per heavy atom. The van der Waals surface area contributed by atoms with Gasteiger partial charge in [0.05, 0.1) is 0 Å². The molecule has 3 aromatic carbocycles. The molecule has 6 aromatic rings. The first-order chi connectivity index (χ1) is 14.8. The summed E-state index contributed by atoms with van der Waals surface area (Å²) in [4.78, 5) is 2.29. The lowest BCUT2D eigenvalue weighted by atomic mass is 10.1. The largest absolute Gasteiger partial charge is 0.399 e. The number of pyridine rings is 3. The summed E-state index contributed by atoms with van der Waals surface area (Å²) in [6, 6.07) is 38.2. The summed E-state index contributed by atoms with van der Waals surface area (Å²) in [5.74, 6) is 0. The minimum atomic E-state index is 0.761. The molecule has 0 aliphatic heterocycles. The fourth-order valence-corrected chi connectivity index (χ4v) is 4.39. The van der Waals surface area contributed by atoms with E-state index < -0.39 is 0 Å². The molecule has 0 radical (unpaired) electrons. The van der Waals surface area contributed by atoms with Crippen molar-refractivity contribution in [2.45, 2.75) is 0 Å². The second-order valence-corrected chi connectivity index (χ2v) is 7.58. The van der Waals surface area contributed by atoms with E-state index in [1.165, 1.54) is 21.8 Å². The summed E-state index contributed by atoms with van der Waals surface area (Å²) in [6.45, 7) is 0. The van der Waals surface area contributed by atoms with E-state index in [1.807, 2.05) is 18.2 Å². The topological polar surface area (TPSA) is 33.4 Å². The first-order valence-electron chi connectivity index (χ1n) is 10.1. The summed E-state index contributed by atoms with van der Waals surface area (Å²) in [6.07, 6.45) is 0. The number of hydrogen-bond donors (Lipinski definition) is 1. The lowest BCUT2D eigenvalue weighted by Crippen LogP contribution is -2.27. The zero-order valence-corrected chi connectivity index (χ0v) is 16.4. The molecule has 0 atom stereocenters. The van der Waals surface area contributed by atoms with Crippen molar-refractivity contribution in [1.82, 2.24) is 0 Å². The Hall–Kier alpha value is -4.11. The summed E-state index contributed by atoms with van der Waals surface area (Å²) in [5, 5.41) is 2.48. The molecule has 30 heavy (non-hydrogen) atoms. The molecule has 2 N–H and O–H groups in total. The summed E-state index contributed by atoms with van der Waals surface area (Å²) in [5.41, 5.74) is 13.6. The fourth-order valence-electron chi connectivity index (χ4n) is 4.39. The molecule has 0 saturated heterocycles. The normalized spacial score (nSPS) is 11.5. The van der Waals surface area contributed by atoms with Crippen molar-refractivity contribution >= 4 is 50.1 Å². The van der Waals surface area contributed by atoms with Gasteiger partial charge < -0.3 is 10.6 Å². The van der Waals surface area contributed by atoms with Crippen LogP contribution in [-0.4, -0.2) is 0 Å². The molecule has 0 spiro atoms. The third kappa shape index (κ3) is 2.49. The number of nitrogens with zero attached hydrogens (tertiary/aromatic N) is 2. The van der Waals surface area contributed by atoms with E-state index in [0.29, 0.717) is 0 Å². The van der Waals surface area contributed by atoms with Crippen LogP contribution < -0.4 is 15.0 Å².